The van der Waals surface area contributed by atoms with E-state index in [9.17, 15) is 9.90 Å². The predicted molar refractivity (Wildman–Crippen MR) is 66.6 cm³/mol. The molecule has 0 atom stereocenters. The molecule has 0 unspecified atom stereocenters. The molecule has 1 aromatic rings. The molecular weight excluding hydrogens is 222 g/mol. The van der Waals surface area contributed by atoms with Crippen LogP contribution in [-0.2, 0) is 11.2 Å². The SMILES string of the molecule is CN(CC(C)(C)O)C(=O)CCc1ccsc1. The third-order valence-corrected chi connectivity index (χ3v) is 2.99. The van der Waals surface area contributed by atoms with Gasteiger partial charge in [-0.2, -0.15) is 11.3 Å². The lowest BCUT2D eigenvalue weighted by Gasteiger charge is -2.25. The van der Waals surface area contributed by atoms with Crippen molar-refractivity contribution in [3.63, 3.8) is 0 Å². The highest BCUT2D eigenvalue weighted by Crippen LogP contribution is 2.10. The number of thiophene rings is 1. The number of carbonyl (C=O) groups excluding carboxylic acids is 1. The van der Waals surface area contributed by atoms with Crippen molar-refractivity contribution in [2.45, 2.75) is 32.3 Å². The second kappa shape index (κ2) is 5.46. The second-order valence-corrected chi connectivity index (χ2v) is 5.47. The van der Waals surface area contributed by atoms with Gasteiger partial charge < -0.3 is 10.0 Å². The quantitative estimate of drug-likeness (QED) is 0.855. The Morgan fingerprint density at radius 3 is 2.75 bits per heavy atom. The van der Waals surface area contributed by atoms with E-state index in [1.807, 2.05) is 11.4 Å². The van der Waals surface area contributed by atoms with Gasteiger partial charge in [0, 0.05) is 20.0 Å². The summed E-state index contributed by atoms with van der Waals surface area (Å²) in [5.74, 6) is 0.0772. The summed E-state index contributed by atoms with van der Waals surface area (Å²) in [4.78, 5) is 13.3. The Bertz CT molecular complexity index is 327. The van der Waals surface area contributed by atoms with Crippen molar-refractivity contribution in [2.75, 3.05) is 13.6 Å². The number of hydrogen-bond acceptors (Lipinski definition) is 3. The van der Waals surface area contributed by atoms with Crippen LogP contribution in [0.3, 0.4) is 0 Å². The number of carbonyl (C=O) groups is 1. The van der Waals surface area contributed by atoms with Crippen LogP contribution < -0.4 is 0 Å². The molecule has 1 aromatic heterocycles. The van der Waals surface area contributed by atoms with Crippen molar-refractivity contribution >= 4 is 17.2 Å². The number of amides is 1. The van der Waals surface area contributed by atoms with E-state index >= 15 is 0 Å². The fourth-order valence-electron chi connectivity index (χ4n) is 1.55. The average molecular weight is 241 g/mol. The summed E-state index contributed by atoms with van der Waals surface area (Å²) in [6, 6.07) is 2.04. The van der Waals surface area contributed by atoms with Crippen LogP contribution in [0.2, 0.25) is 0 Å². The first-order chi connectivity index (χ1) is 7.38. The van der Waals surface area contributed by atoms with Crippen molar-refractivity contribution in [3.05, 3.63) is 22.4 Å². The average Bonchev–Trinajstić information content (AvgIpc) is 2.63. The van der Waals surface area contributed by atoms with E-state index in [1.54, 1.807) is 37.1 Å². The number of likely N-dealkylation sites (N-methyl/N-ethyl adjacent to an activating group) is 1. The lowest BCUT2D eigenvalue weighted by molar-refractivity contribution is -0.132. The molecule has 1 heterocycles. The normalized spacial score (nSPS) is 11.5. The molecule has 1 amide bonds. The van der Waals surface area contributed by atoms with Crippen molar-refractivity contribution in [2.24, 2.45) is 0 Å². The molecule has 0 aliphatic rings. The minimum atomic E-state index is -0.827. The highest BCUT2D eigenvalue weighted by molar-refractivity contribution is 7.07. The van der Waals surface area contributed by atoms with Crippen LogP contribution in [0, 0.1) is 0 Å². The van der Waals surface area contributed by atoms with Gasteiger partial charge in [0.1, 0.15) is 0 Å². The Balaban J connectivity index is 2.35. The van der Waals surface area contributed by atoms with Crippen molar-refractivity contribution in [1.82, 2.24) is 4.90 Å². The Morgan fingerprint density at radius 2 is 2.25 bits per heavy atom. The van der Waals surface area contributed by atoms with E-state index in [4.69, 9.17) is 0 Å². The van der Waals surface area contributed by atoms with Crippen LogP contribution in [0.4, 0.5) is 0 Å². The summed E-state index contributed by atoms with van der Waals surface area (Å²) in [5, 5.41) is 13.7. The number of hydrogen-bond donors (Lipinski definition) is 1. The van der Waals surface area contributed by atoms with Crippen LogP contribution in [0.15, 0.2) is 16.8 Å². The zero-order chi connectivity index (χ0) is 12.2. The van der Waals surface area contributed by atoms with Crippen molar-refractivity contribution < 1.29 is 9.90 Å². The molecule has 16 heavy (non-hydrogen) atoms. The molecule has 90 valence electrons. The van der Waals surface area contributed by atoms with Crippen LogP contribution in [0.5, 0.6) is 0 Å². The van der Waals surface area contributed by atoms with Gasteiger partial charge in [0.2, 0.25) is 5.91 Å². The lowest BCUT2D eigenvalue weighted by atomic mass is 10.1. The first kappa shape index (κ1) is 13.2. The van der Waals surface area contributed by atoms with E-state index in [0.717, 1.165) is 6.42 Å². The summed E-state index contributed by atoms with van der Waals surface area (Å²) < 4.78 is 0. The van der Waals surface area contributed by atoms with Gasteiger partial charge in [-0.3, -0.25) is 4.79 Å². The third-order valence-electron chi connectivity index (χ3n) is 2.26. The van der Waals surface area contributed by atoms with Crippen molar-refractivity contribution in [1.29, 1.82) is 0 Å². The van der Waals surface area contributed by atoms with E-state index < -0.39 is 5.60 Å². The summed E-state index contributed by atoms with van der Waals surface area (Å²) in [7, 11) is 1.73. The molecule has 0 aliphatic carbocycles. The van der Waals surface area contributed by atoms with Crippen LogP contribution >= 0.6 is 11.3 Å². The van der Waals surface area contributed by atoms with Gasteiger partial charge in [0.05, 0.1) is 5.60 Å². The molecule has 0 saturated heterocycles. The molecule has 0 radical (unpaired) electrons. The van der Waals surface area contributed by atoms with Gasteiger partial charge in [-0.1, -0.05) is 0 Å². The van der Waals surface area contributed by atoms with Gasteiger partial charge in [0.25, 0.3) is 0 Å². The predicted octanol–water partition coefficient (Wildman–Crippen LogP) is 1.91. The molecule has 1 N–H and O–H groups in total. The van der Waals surface area contributed by atoms with E-state index in [1.165, 1.54) is 5.56 Å². The van der Waals surface area contributed by atoms with Crippen LogP contribution in [-0.4, -0.2) is 35.1 Å². The Labute approximate surface area is 101 Å². The Hall–Kier alpha value is -0.870. The van der Waals surface area contributed by atoms with Gasteiger partial charge in [-0.25, -0.2) is 0 Å². The molecule has 0 saturated carbocycles. The van der Waals surface area contributed by atoms with E-state index in [-0.39, 0.29) is 5.91 Å². The summed E-state index contributed by atoms with van der Waals surface area (Å²) in [6.07, 6.45) is 1.28. The molecular formula is C12H19NO2S. The smallest absolute Gasteiger partial charge is 0.222 e. The number of nitrogens with zero attached hydrogens (tertiary/aromatic N) is 1. The monoisotopic (exact) mass is 241 g/mol. The molecule has 0 spiro atoms. The Kier molecular flexibility index (Phi) is 4.50. The fourth-order valence-corrected chi connectivity index (χ4v) is 2.25. The topological polar surface area (TPSA) is 40.5 Å². The van der Waals surface area contributed by atoms with Gasteiger partial charge in [0.15, 0.2) is 0 Å². The van der Waals surface area contributed by atoms with E-state index in [2.05, 4.69) is 5.38 Å². The third kappa shape index (κ3) is 4.77. The molecule has 0 aliphatic heterocycles. The first-order valence-corrected chi connectivity index (χ1v) is 6.30. The minimum Gasteiger partial charge on any atom is -0.389 e. The molecule has 0 bridgehead atoms. The highest BCUT2D eigenvalue weighted by atomic mass is 32.1. The van der Waals surface area contributed by atoms with Gasteiger partial charge in [-0.15, -0.1) is 0 Å². The first-order valence-electron chi connectivity index (χ1n) is 5.36. The lowest BCUT2D eigenvalue weighted by Crippen LogP contribution is -2.39. The number of aryl methyl sites for hydroxylation is 1. The molecule has 3 nitrogen and oxygen atoms in total. The maximum absolute atomic E-state index is 11.7. The zero-order valence-corrected chi connectivity index (χ0v) is 10.9. The molecule has 0 fully saturated rings. The largest absolute Gasteiger partial charge is 0.389 e. The second-order valence-electron chi connectivity index (χ2n) is 4.69. The number of rotatable bonds is 5. The van der Waals surface area contributed by atoms with Gasteiger partial charge >= 0.3 is 0 Å². The zero-order valence-electron chi connectivity index (χ0n) is 10.1. The number of aliphatic hydroxyl groups is 1. The van der Waals surface area contributed by atoms with Crippen molar-refractivity contribution in [3.8, 4) is 0 Å². The van der Waals surface area contributed by atoms with E-state index in [0.29, 0.717) is 13.0 Å². The van der Waals surface area contributed by atoms with Gasteiger partial charge in [-0.05, 0) is 42.7 Å². The molecule has 4 heteroatoms. The highest BCUT2D eigenvalue weighted by Gasteiger charge is 2.18. The summed E-state index contributed by atoms with van der Waals surface area (Å²) in [5.41, 5.74) is 0.377. The minimum absolute atomic E-state index is 0.0772. The standard InChI is InChI=1S/C12H19NO2S/c1-12(2,15)9-13(3)11(14)5-4-10-6-7-16-8-10/h6-8,15H,4-5,9H2,1-3H3. The molecule has 1 rings (SSSR count). The molecule has 0 aromatic carbocycles. The maximum atomic E-state index is 11.7. The Morgan fingerprint density at radius 1 is 1.56 bits per heavy atom. The van der Waals surface area contributed by atoms with Crippen LogP contribution in [0.25, 0.3) is 0 Å². The van der Waals surface area contributed by atoms with Crippen LogP contribution in [0.1, 0.15) is 25.8 Å². The summed E-state index contributed by atoms with van der Waals surface area (Å²) in [6.45, 7) is 3.78. The fraction of sp³-hybridized carbons (Fsp3) is 0.583. The summed E-state index contributed by atoms with van der Waals surface area (Å²) >= 11 is 1.64. The maximum Gasteiger partial charge on any atom is 0.222 e.